The third-order valence-electron chi connectivity index (χ3n) is 19.0. The molecule has 0 spiro atoms. The van der Waals surface area contributed by atoms with Gasteiger partial charge in [0.2, 0.25) is 0 Å². The summed E-state index contributed by atoms with van der Waals surface area (Å²) in [4.78, 5) is 12.4. The van der Waals surface area contributed by atoms with Crippen LogP contribution in [-0.2, 0) is 33.2 Å². The monoisotopic (exact) mass is 897 g/mol. The van der Waals surface area contributed by atoms with Crippen molar-refractivity contribution < 1.29 is 79.2 Å². The number of carboxylic acid groups (broad SMARTS) is 1. The zero-order valence-corrected chi connectivity index (χ0v) is 38.5. The van der Waals surface area contributed by atoms with E-state index in [0.29, 0.717) is 18.3 Å². The van der Waals surface area contributed by atoms with Crippen LogP contribution in [0.2, 0.25) is 0 Å². The molecule has 360 valence electrons. The summed E-state index contributed by atoms with van der Waals surface area (Å²) in [6.45, 7) is 19.7. The quantitative estimate of drug-likeness (QED) is 0.131. The third kappa shape index (κ3) is 7.51. The standard InChI is InChI=1S/C47H76O16/c1-21-29(50)31(52)34(55)39(59-21)62-36-30(51)24(48)20-58-40(36)63-37-33(54)32(53)35(38(56)57)61-41(37)60-28-13-14-45(7)25(43(28,4)5)12-15-47(9)26(45)11-10-22-23-18-42(2,3)19-27(49)44(23,6)16-17-46(22,47)8/h10,21,23-37,39-41,48-55H,11-20H2,1-9H3,(H,56,57)/t21-,23-,24+,25-,26+,27+,28-,29-,30-,31+,32-,33-,34+,35-,36+,37+,39-,40-,41+,44+,45-,46+,47+/m0/s1. The van der Waals surface area contributed by atoms with E-state index in [9.17, 15) is 50.8 Å². The molecule has 8 rings (SSSR count). The van der Waals surface area contributed by atoms with Crippen molar-refractivity contribution in [2.75, 3.05) is 6.61 Å². The molecule has 5 aliphatic carbocycles. The van der Waals surface area contributed by atoms with E-state index in [-0.39, 0.29) is 39.1 Å². The maximum absolute atomic E-state index is 12.4. The van der Waals surface area contributed by atoms with Gasteiger partial charge in [-0.05, 0) is 110 Å². The van der Waals surface area contributed by atoms with Crippen LogP contribution in [0.15, 0.2) is 11.6 Å². The average molecular weight is 897 g/mol. The lowest BCUT2D eigenvalue weighted by atomic mass is 9.33. The minimum absolute atomic E-state index is 0.0189. The number of carboxylic acids is 1. The second kappa shape index (κ2) is 16.4. The fourth-order valence-corrected chi connectivity index (χ4v) is 14.8. The third-order valence-corrected chi connectivity index (χ3v) is 19.0. The van der Waals surface area contributed by atoms with Crippen LogP contribution in [0.25, 0.3) is 0 Å². The van der Waals surface area contributed by atoms with Crippen molar-refractivity contribution in [1.82, 2.24) is 0 Å². The highest BCUT2D eigenvalue weighted by Crippen LogP contribution is 2.76. The summed E-state index contributed by atoms with van der Waals surface area (Å²) in [5, 5.41) is 97.3. The van der Waals surface area contributed by atoms with Crippen molar-refractivity contribution in [3.05, 3.63) is 11.6 Å². The number of allylic oxidation sites excluding steroid dienone is 2. The Balaban J connectivity index is 1.04. The number of ether oxygens (including phenoxy) is 6. The zero-order valence-electron chi connectivity index (χ0n) is 38.5. The fraction of sp³-hybridized carbons (Fsp3) is 0.936. The first-order valence-corrected chi connectivity index (χ1v) is 23.5. The van der Waals surface area contributed by atoms with E-state index < -0.39 is 110 Å². The number of carbonyl (C=O) groups is 1. The van der Waals surface area contributed by atoms with Crippen LogP contribution in [0.5, 0.6) is 0 Å². The molecule has 7 fully saturated rings. The van der Waals surface area contributed by atoms with Gasteiger partial charge in [-0.1, -0.05) is 67.0 Å². The van der Waals surface area contributed by atoms with Crippen LogP contribution < -0.4 is 0 Å². The molecular weight excluding hydrogens is 821 g/mol. The van der Waals surface area contributed by atoms with Gasteiger partial charge in [-0.2, -0.15) is 0 Å². The average Bonchev–Trinajstić information content (AvgIpc) is 3.20. The molecule has 0 bridgehead atoms. The summed E-state index contributed by atoms with van der Waals surface area (Å²) in [5.74, 6) is -0.622. The van der Waals surface area contributed by atoms with Gasteiger partial charge in [0, 0.05) is 5.41 Å². The van der Waals surface area contributed by atoms with Gasteiger partial charge in [0.25, 0.3) is 0 Å². The van der Waals surface area contributed by atoms with Crippen LogP contribution in [-0.4, -0.2) is 157 Å². The predicted octanol–water partition coefficient (Wildman–Crippen LogP) is 2.37. The molecule has 0 amide bonds. The predicted molar refractivity (Wildman–Crippen MR) is 223 cm³/mol. The molecule has 0 aromatic heterocycles. The van der Waals surface area contributed by atoms with Gasteiger partial charge >= 0.3 is 5.97 Å². The van der Waals surface area contributed by atoms with E-state index in [1.807, 2.05) is 0 Å². The molecule has 0 aromatic carbocycles. The molecule has 3 saturated heterocycles. The van der Waals surface area contributed by atoms with Crippen molar-refractivity contribution in [2.45, 2.75) is 218 Å². The first kappa shape index (κ1) is 48.1. The maximum atomic E-state index is 12.4. The normalized spacial score (nSPS) is 55.3. The Hall–Kier alpha value is -1.35. The van der Waals surface area contributed by atoms with Crippen LogP contribution in [0.1, 0.15) is 120 Å². The van der Waals surface area contributed by atoms with E-state index >= 15 is 0 Å². The van der Waals surface area contributed by atoms with Gasteiger partial charge < -0.3 is 74.4 Å². The van der Waals surface area contributed by atoms with Crippen molar-refractivity contribution in [3.8, 4) is 0 Å². The molecule has 16 nitrogen and oxygen atoms in total. The number of aliphatic carboxylic acids is 1. The topological polar surface area (TPSA) is 255 Å². The summed E-state index contributed by atoms with van der Waals surface area (Å²) < 4.78 is 36.2. The van der Waals surface area contributed by atoms with E-state index in [1.165, 1.54) is 6.92 Å². The van der Waals surface area contributed by atoms with Crippen LogP contribution in [0, 0.1) is 50.2 Å². The molecule has 8 aliphatic rings. The first-order chi connectivity index (χ1) is 29.2. The minimum atomic E-state index is -1.96. The summed E-state index contributed by atoms with van der Waals surface area (Å²) in [6.07, 6.45) is -12.8. The van der Waals surface area contributed by atoms with Gasteiger partial charge in [-0.3, -0.25) is 0 Å². The zero-order chi connectivity index (χ0) is 46.1. The lowest BCUT2D eigenvalue weighted by Crippen LogP contribution is -2.67. The van der Waals surface area contributed by atoms with E-state index in [4.69, 9.17) is 28.4 Å². The highest BCUT2D eigenvalue weighted by atomic mass is 16.8. The largest absolute Gasteiger partial charge is 0.479 e. The number of hydrogen-bond acceptors (Lipinski definition) is 15. The lowest BCUT2D eigenvalue weighted by Gasteiger charge is -2.71. The molecule has 23 atom stereocenters. The summed E-state index contributed by atoms with van der Waals surface area (Å²) in [6, 6.07) is 0. The summed E-state index contributed by atoms with van der Waals surface area (Å²) >= 11 is 0. The number of aliphatic hydroxyl groups excluding tert-OH is 8. The molecule has 3 heterocycles. The smallest absolute Gasteiger partial charge is 0.335 e. The Bertz CT molecular complexity index is 1740. The Morgan fingerprint density at radius 2 is 1.33 bits per heavy atom. The lowest BCUT2D eigenvalue weighted by molar-refractivity contribution is -0.386. The van der Waals surface area contributed by atoms with Crippen molar-refractivity contribution >= 4 is 5.97 Å². The van der Waals surface area contributed by atoms with Crippen LogP contribution in [0.4, 0.5) is 0 Å². The Labute approximate surface area is 371 Å². The molecular formula is C47H76O16. The SMILES string of the molecule is C[C@@H]1O[C@@H](O[C@H]2[C@H](O[C@H]3[C@H](O[C@H]4CC[C@]5(C)[C@H]6CC=C7[C@@H]8CC(C)(C)C[C@@H](O)[C@]8(C)CC[C@@]7(C)[C@]6(C)CC[C@H]5C4(C)C)O[C@H](C(=O)O)[C@@H](O)[C@@H]3O)OC[C@@H](O)[C@@H]2O)[C@H](O)[C@H](O)[C@H]1O. The molecule has 9 N–H and O–H groups in total. The Morgan fingerprint density at radius 1 is 0.667 bits per heavy atom. The van der Waals surface area contributed by atoms with Crippen molar-refractivity contribution in [1.29, 1.82) is 0 Å². The van der Waals surface area contributed by atoms with E-state index in [2.05, 4.69) is 61.5 Å². The van der Waals surface area contributed by atoms with E-state index in [1.54, 1.807) is 5.57 Å². The van der Waals surface area contributed by atoms with Gasteiger partial charge in [0.05, 0.1) is 24.9 Å². The van der Waals surface area contributed by atoms with Gasteiger partial charge in [0.15, 0.2) is 25.0 Å². The molecule has 0 unspecified atom stereocenters. The second-order valence-corrected chi connectivity index (χ2v) is 23.3. The van der Waals surface area contributed by atoms with Crippen molar-refractivity contribution in [3.63, 3.8) is 0 Å². The fourth-order valence-electron chi connectivity index (χ4n) is 14.8. The first-order valence-electron chi connectivity index (χ1n) is 23.5. The number of hydrogen-bond donors (Lipinski definition) is 9. The number of aliphatic hydroxyl groups is 8. The Kier molecular flexibility index (Phi) is 12.5. The molecule has 0 aromatic rings. The minimum Gasteiger partial charge on any atom is -0.479 e. The molecule has 4 saturated carbocycles. The summed E-state index contributed by atoms with van der Waals surface area (Å²) in [5.41, 5.74) is 0.910. The van der Waals surface area contributed by atoms with E-state index in [0.717, 1.165) is 51.4 Å². The van der Waals surface area contributed by atoms with Gasteiger partial charge in [-0.15, -0.1) is 0 Å². The van der Waals surface area contributed by atoms with Crippen molar-refractivity contribution in [2.24, 2.45) is 50.2 Å². The molecule has 63 heavy (non-hydrogen) atoms. The maximum Gasteiger partial charge on any atom is 0.335 e. The second-order valence-electron chi connectivity index (χ2n) is 23.3. The van der Waals surface area contributed by atoms with Crippen LogP contribution >= 0.6 is 0 Å². The highest BCUT2D eigenvalue weighted by molar-refractivity contribution is 5.73. The van der Waals surface area contributed by atoms with Crippen LogP contribution in [0.3, 0.4) is 0 Å². The number of fused-ring (bicyclic) bond motifs is 7. The molecule has 3 aliphatic heterocycles. The summed E-state index contributed by atoms with van der Waals surface area (Å²) in [7, 11) is 0. The highest BCUT2D eigenvalue weighted by Gasteiger charge is 2.69. The number of rotatable bonds is 7. The molecule has 16 heteroatoms. The Morgan fingerprint density at radius 3 is 2.02 bits per heavy atom. The van der Waals surface area contributed by atoms with Gasteiger partial charge in [-0.25, -0.2) is 4.79 Å². The van der Waals surface area contributed by atoms with Gasteiger partial charge in [0.1, 0.15) is 54.9 Å². The molecule has 0 radical (unpaired) electrons.